The minimum atomic E-state index is 0.521. The van der Waals surface area contributed by atoms with Gasteiger partial charge in [0.1, 0.15) is 0 Å². The van der Waals surface area contributed by atoms with Crippen LogP contribution >= 0.6 is 0 Å². The molecule has 0 aromatic carbocycles. The third kappa shape index (κ3) is 2.13. The molecule has 2 rings (SSSR count). The van der Waals surface area contributed by atoms with E-state index < -0.39 is 0 Å². The summed E-state index contributed by atoms with van der Waals surface area (Å²) in [7, 11) is 0. The summed E-state index contributed by atoms with van der Waals surface area (Å²) >= 11 is 0. The molecule has 0 aromatic heterocycles. The Morgan fingerprint density at radius 2 is 2.08 bits per heavy atom. The second-order valence-electron chi connectivity index (χ2n) is 4.02. The predicted octanol–water partition coefficient (Wildman–Crippen LogP) is 0.852. The summed E-state index contributed by atoms with van der Waals surface area (Å²) < 4.78 is 0. The summed E-state index contributed by atoms with van der Waals surface area (Å²) in [6.07, 6.45) is 5.15. The van der Waals surface area contributed by atoms with E-state index >= 15 is 0 Å². The molecule has 3 N–H and O–H groups in total. The Morgan fingerprint density at radius 1 is 1.42 bits per heavy atom. The Kier molecular flexibility index (Phi) is 1.95. The lowest BCUT2D eigenvalue weighted by atomic mass is 10.2. The van der Waals surface area contributed by atoms with Gasteiger partial charge in [-0.25, -0.2) is 0 Å². The first-order valence-electron chi connectivity index (χ1n) is 4.85. The molecule has 68 valence electrons. The summed E-state index contributed by atoms with van der Waals surface area (Å²) in [5, 5.41) is 3.24. The largest absolute Gasteiger partial charge is 0.370 e. The normalized spacial score (nSPS) is 26.9. The molecule has 2 saturated carbocycles. The molecular formula is C9H17N3. The Hall–Kier alpha value is -0.730. The highest BCUT2D eigenvalue weighted by Gasteiger charge is 2.28. The third-order valence-corrected chi connectivity index (χ3v) is 2.57. The van der Waals surface area contributed by atoms with E-state index in [9.17, 15) is 0 Å². The number of nitrogens with two attached hydrogens (primary N) is 1. The van der Waals surface area contributed by atoms with Gasteiger partial charge in [-0.1, -0.05) is 0 Å². The average Bonchev–Trinajstić information content (AvgIpc) is 2.83. The van der Waals surface area contributed by atoms with Crippen LogP contribution in [0.25, 0.3) is 0 Å². The molecule has 2 aliphatic rings. The van der Waals surface area contributed by atoms with Crippen molar-refractivity contribution in [3.8, 4) is 0 Å². The maximum atomic E-state index is 5.72. The van der Waals surface area contributed by atoms with E-state index in [2.05, 4.69) is 17.2 Å². The number of nitrogens with one attached hydrogen (secondary N) is 1. The van der Waals surface area contributed by atoms with Crippen molar-refractivity contribution in [1.29, 1.82) is 0 Å². The first-order valence-corrected chi connectivity index (χ1v) is 4.85. The number of nitrogens with zero attached hydrogens (tertiary/aromatic N) is 1. The van der Waals surface area contributed by atoms with E-state index in [0.29, 0.717) is 18.0 Å². The molecule has 1 atom stereocenters. The van der Waals surface area contributed by atoms with E-state index in [1.54, 1.807) is 0 Å². The van der Waals surface area contributed by atoms with Crippen LogP contribution in [-0.2, 0) is 0 Å². The van der Waals surface area contributed by atoms with Gasteiger partial charge in [0.25, 0.3) is 0 Å². The van der Waals surface area contributed by atoms with Crippen LogP contribution in [-0.4, -0.2) is 18.0 Å². The first kappa shape index (κ1) is 7.90. The maximum absolute atomic E-state index is 5.72. The van der Waals surface area contributed by atoms with Gasteiger partial charge in [0.2, 0.25) is 0 Å². The van der Waals surface area contributed by atoms with Crippen molar-refractivity contribution in [1.82, 2.24) is 5.32 Å². The zero-order valence-corrected chi connectivity index (χ0v) is 7.59. The molecule has 0 bridgehead atoms. The zero-order chi connectivity index (χ0) is 8.55. The van der Waals surface area contributed by atoms with Gasteiger partial charge in [-0.05, 0) is 38.5 Å². The average molecular weight is 167 g/mol. The Bertz CT molecular complexity index is 192. The van der Waals surface area contributed by atoms with Gasteiger partial charge in [0.15, 0.2) is 5.96 Å². The van der Waals surface area contributed by atoms with Crippen molar-refractivity contribution in [3.63, 3.8) is 0 Å². The minimum absolute atomic E-state index is 0.521. The van der Waals surface area contributed by atoms with E-state index in [0.717, 1.165) is 5.92 Å². The molecule has 3 heteroatoms. The van der Waals surface area contributed by atoms with Crippen molar-refractivity contribution in [2.24, 2.45) is 16.6 Å². The summed E-state index contributed by atoms with van der Waals surface area (Å²) in [4.78, 5) is 4.32. The number of hydrogen-bond acceptors (Lipinski definition) is 1. The molecule has 0 amide bonds. The Balaban J connectivity index is 1.75. The van der Waals surface area contributed by atoms with Gasteiger partial charge < -0.3 is 11.1 Å². The smallest absolute Gasteiger partial charge is 0.189 e. The van der Waals surface area contributed by atoms with Crippen LogP contribution in [0.1, 0.15) is 32.6 Å². The predicted molar refractivity (Wildman–Crippen MR) is 50.0 cm³/mol. The molecule has 0 aliphatic heterocycles. The highest BCUT2D eigenvalue weighted by atomic mass is 15.1. The zero-order valence-electron chi connectivity index (χ0n) is 7.59. The van der Waals surface area contributed by atoms with Crippen LogP contribution in [0, 0.1) is 5.92 Å². The molecule has 3 nitrogen and oxygen atoms in total. The summed E-state index contributed by atoms with van der Waals surface area (Å²) in [5.74, 6) is 1.50. The summed E-state index contributed by atoms with van der Waals surface area (Å²) in [6, 6.07) is 1.05. The van der Waals surface area contributed by atoms with Crippen LogP contribution in [0.3, 0.4) is 0 Å². The number of guanidine groups is 1. The lowest BCUT2D eigenvalue weighted by Crippen LogP contribution is -2.39. The van der Waals surface area contributed by atoms with E-state index in [4.69, 9.17) is 5.73 Å². The molecule has 1 unspecified atom stereocenters. The minimum Gasteiger partial charge on any atom is -0.370 e. The van der Waals surface area contributed by atoms with Gasteiger partial charge in [-0.15, -0.1) is 0 Å². The van der Waals surface area contributed by atoms with Crippen molar-refractivity contribution < 1.29 is 0 Å². The fourth-order valence-electron chi connectivity index (χ4n) is 1.38. The number of hydrogen-bond donors (Lipinski definition) is 2. The van der Waals surface area contributed by atoms with Gasteiger partial charge in [0, 0.05) is 6.04 Å². The lowest BCUT2D eigenvalue weighted by molar-refractivity contribution is 0.583. The molecule has 0 spiro atoms. The molecule has 0 heterocycles. The van der Waals surface area contributed by atoms with Gasteiger partial charge in [0.05, 0.1) is 6.04 Å². The Labute approximate surface area is 73.4 Å². The van der Waals surface area contributed by atoms with E-state index in [1.165, 1.54) is 25.7 Å². The highest BCUT2D eigenvalue weighted by Crippen LogP contribution is 2.32. The molecule has 2 fully saturated rings. The summed E-state index contributed by atoms with van der Waals surface area (Å²) in [6.45, 7) is 2.19. The molecule has 0 saturated heterocycles. The van der Waals surface area contributed by atoms with Crippen LogP contribution in [0.5, 0.6) is 0 Å². The number of rotatable bonds is 3. The van der Waals surface area contributed by atoms with Crippen molar-refractivity contribution in [3.05, 3.63) is 0 Å². The van der Waals surface area contributed by atoms with Gasteiger partial charge >= 0.3 is 0 Å². The molecule has 2 aliphatic carbocycles. The van der Waals surface area contributed by atoms with Gasteiger partial charge in [-0.3, -0.25) is 4.99 Å². The van der Waals surface area contributed by atoms with Crippen molar-refractivity contribution in [2.45, 2.75) is 44.7 Å². The third-order valence-electron chi connectivity index (χ3n) is 2.57. The van der Waals surface area contributed by atoms with Gasteiger partial charge in [-0.2, -0.15) is 0 Å². The molecule has 0 aromatic rings. The Morgan fingerprint density at radius 3 is 2.58 bits per heavy atom. The lowest BCUT2D eigenvalue weighted by Gasteiger charge is -2.12. The van der Waals surface area contributed by atoms with E-state index in [-0.39, 0.29) is 0 Å². The van der Waals surface area contributed by atoms with Crippen LogP contribution in [0.2, 0.25) is 0 Å². The standard InChI is InChI=1S/C9H17N3/c1-6(7-2-3-7)11-9(10)12-8-4-5-8/h6-8H,2-5H2,1H3,(H3,10,11,12). The van der Waals surface area contributed by atoms with Crippen LogP contribution in [0.15, 0.2) is 4.99 Å². The molecular weight excluding hydrogens is 150 g/mol. The SMILES string of the molecule is CC(NC(N)=NC1CC1)C1CC1. The fourth-order valence-corrected chi connectivity index (χ4v) is 1.38. The highest BCUT2D eigenvalue weighted by molar-refractivity contribution is 5.78. The van der Waals surface area contributed by atoms with Crippen LogP contribution < -0.4 is 11.1 Å². The van der Waals surface area contributed by atoms with Crippen molar-refractivity contribution >= 4 is 5.96 Å². The van der Waals surface area contributed by atoms with Crippen LogP contribution in [0.4, 0.5) is 0 Å². The second-order valence-corrected chi connectivity index (χ2v) is 4.02. The summed E-state index contributed by atoms with van der Waals surface area (Å²) in [5.41, 5.74) is 5.72. The topological polar surface area (TPSA) is 50.4 Å². The maximum Gasteiger partial charge on any atom is 0.189 e. The molecule has 12 heavy (non-hydrogen) atoms. The van der Waals surface area contributed by atoms with E-state index in [1.807, 2.05) is 0 Å². The fraction of sp³-hybridized carbons (Fsp3) is 0.889. The molecule has 0 radical (unpaired) electrons. The number of aliphatic imine (C=N–C) groups is 1. The first-order chi connectivity index (χ1) is 5.75. The second kappa shape index (κ2) is 2.96. The van der Waals surface area contributed by atoms with Crippen molar-refractivity contribution in [2.75, 3.05) is 0 Å². The monoisotopic (exact) mass is 167 g/mol. The quantitative estimate of drug-likeness (QED) is 0.483.